The predicted octanol–water partition coefficient (Wildman–Crippen LogP) is 1.37. The van der Waals surface area contributed by atoms with E-state index in [0.29, 0.717) is 16.9 Å². The minimum Gasteiger partial charge on any atom is -0.486 e. The predicted molar refractivity (Wildman–Crippen MR) is 101 cm³/mol. The molecule has 0 unspecified atom stereocenters. The Morgan fingerprint density at radius 1 is 1.14 bits per heavy atom. The summed E-state index contributed by atoms with van der Waals surface area (Å²) in [6.45, 7) is 1.76. The van der Waals surface area contributed by atoms with Crippen molar-refractivity contribution in [3.8, 4) is 22.6 Å². The van der Waals surface area contributed by atoms with Gasteiger partial charge in [-0.25, -0.2) is 9.95 Å². The van der Waals surface area contributed by atoms with Crippen LogP contribution < -0.4 is 21.1 Å². The Kier molecular flexibility index (Phi) is 4.23. The number of nitro benzene ring substituents is 1. The van der Waals surface area contributed by atoms with Crippen molar-refractivity contribution in [1.82, 2.24) is 14.6 Å². The summed E-state index contributed by atoms with van der Waals surface area (Å²) in [6.07, 6.45) is 0. The molecule has 29 heavy (non-hydrogen) atoms. The smallest absolute Gasteiger partial charge is 0.343 e. The highest BCUT2D eigenvalue weighted by molar-refractivity contribution is 5.57. The lowest BCUT2D eigenvalue weighted by molar-refractivity contribution is -0.667. The van der Waals surface area contributed by atoms with Crippen molar-refractivity contribution in [2.75, 3.05) is 0 Å². The summed E-state index contributed by atoms with van der Waals surface area (Å²) in [4.78, 5) is 23.6. The van der Waals surface area contributed by atoms with E-state index in [0.717, 1.165) is 0 Å². The Morgan fingerprint density at radius 2 is 1.79 bits per heavy atom. The topological polar surface area (TPSA) is 125 Å². The van der Waals surface area contributed by atoms with Gasteiger partial charge in [0.15, 0.2) is 0 Å². The molecule has 0 aliphatic rings. The van der Waals surface area contributed by atoms with E-state index in [1.54, 1.807) is 18.7 Å². The molecule has 0 spiro atoms. The Bertz CT molecular complexity index is 1330. The summed E-state index contributed by atoms with van der Waals surface area (Å²) < 4.78 is 9.49. The van der Waals surface area contributed by atoms with Gasteiger partial charge in [-0.1, -0.05) is 18.2 Å². The fourth-order valence-electron chi connectivity index (χ4n) is 3.21. The number of nitro groups is 1. The van der Waals surface area contributed by atoms with Crippen LogP contribution in [0.2, 0.25) is 0 Å². The zero-order valence-corrected chi connectivity index (χ0v) is 15.6. The minimum atomic E-state index is -0.507. The summed E-state index contributed by atoms with van der Waals surface area (Å²) >= 11 is 0. The number of para-hydroxylation sites is 1. The Hall–Kier alpha value is -4.21. The van der Waals surface area contributed by atoms with Gasteiger partial charge < -0.3 is 4.52 Å². The highest BCUT2D eigenvalue weighted by Gasteiger charge is 2.27. The number of non-ortho nitro benzene ring substituents is 1. The lowest BCUT2D eigenvalue weighted by Gasteiger charge is -2.06. The van der Waals surface area contributed by atoms with E-state index in [-0.39, 0.29) is 28.2 Å². The third kappa shape index (κ3) is 2.87. The summed E-state index contributed by atoms with van der Waals surface area (Å²) in [5.74, 6) is 0. The number of benzene rings is 2. The molecule has 0 aliphatic heterocycles. The van der Waals surface area contributed by atoms with Crippen LogP contribution in [0.5, 0.6) is 0 Å². The molecule has 0 radical (unpaired) electrons. The third-order valence-electron chi connectivity index (χ3n) is 4.73. The molecular formula is C19H16N6O4. The molecule has 2 aromatic heterocycles. The maximum Gasteiger partial charge on any atom is 0.343 e. The van der Waals surface area contributed by atoms with Gasteiger partial charge in [-0.15, -0.1) is 0 Å². The molecule has 0 amide bonds. The van der Waals surface area contributed by atoms with Crippen LogP contribution >= 0.6 is 0 Å². The summed E-state index contributed by atoms with van der Waals surface area (Å²) in [5.41, 5.74) is 1.55. The average molecular weight is 392 g/mol. The fraction of sp³-hybridized carbons (Fsp3) is 0.105. The zero-order valence-electron chi connectivity index (χ0n) is 15.6. The van der Waals surface area contributed by atoms with E-state index in [2.05, 4.69) is 5.27 Å². The van der Waals surface area contributed by atoms with Crippen LogP contribution in [0.3, 0.4) is 0 Å². The molecule has 0 saturated carbocycles. The standard InChI is InChI=1S/C19H16N6O4/c1-12-16(19(26)24(22(12)2)14-6-4-3-5-7-14)23-17(18(20)29-21-23)13-8-10-15(11-9-13)25(27)28/h3-11,20H,1-2H3. The molecule has 1 N–H and O–H groups in total. The van der Waals surface area contributed by atoms with E-state index in [9.17, 15) is 14.9 Å². The van der Waals surface area contributed by atoms with Crippen molar-refractivity contribution in [3.63, 3.8) is 0 Å². The van der Waals surface area contributed by atoms with Gasteiger partial charge in [0, 0.05) is 19.2 Å². The van der Waals surface area contributed by atoms with Gasteiger partial charge in [0.05, 0.1) is 16.2 Å². The number of nitrogens with one attached hydrogen (secondary N) is 1. The fourth-order valence-corrected chi connectivity index (χ4v) is 3.21. The van der Waals surface area contributed by atoms with Crippen molar-refractivity contribution in [3.05, 3.63) is 86.3 Å². The van der Waals surface area contributed by atoms with E-state index in [4.69, 9.17) is 9.93 Å². The first-order valence-corrected chi connectivity index (χ1v) is 8.63. The van der Waals surface area contributed by atoms with Crippen LogP contribution in [0, 0.1) is 22.4 Å². The summed E-state index contributed by atoms with van der Waals surface area (Å²) in [7, 11) is 1.75. The summed E-state index contributed by atoms with van der Waals surface area (Å²) in [5, 5.41) is 22.9. The van der Waals surface area contributed by atoms with Crippen molar-refractivity contribution >= 4 is 5.69 Å². The number of hydrogen-bond acceptors (Lipinski definition) is 5. The molecule has 4 aromatic rings. The van der Waals surface area contributed by atoms with Crippen LogP contribution in [0.15, 0.2) is 63.9 Å². The molecular weight excluding hydrogens is 376 g/mol. The van der Waals surface area contributed by atoms with Gasteiger partial charge in [0.25, 0.3) is 22.6 Å². The lowest BCUT2D eigenvalue weighted by Crippen LogP contribution is -2.43. The van der Waals surface area contributed by atoms with Crippen LogP contribution in [0.1, 0.15) is 5.69 Å². The van der Waals surface area contributed by atoms with Gasteiger partial charge in [-0.05, 0) is 31.2 Å². The monoisotopic (exact) mass is 392 g/mol. The Labute approximate surface area is 163 Å². The molecule has 0 fully saturated rings. The van der Waals surface area contributed by atoms with E-state index >= 15 is 0 Å². The molecule has 10 nitrogen and oxygen atoms in total. The van der Waals surface area contributed by atoms with Crippen molar-refractivity contribution in [1.29, 1.82) is 5.41 Å². The van der Waals surface area contributed by atoms with Crippen LogP contribution in [0.25, 0.3) is 22.6 Å². The molecule has 2 heterocycles. The molecule has 0 bridgehead atoms. The minimum absolute atomic E-state index is 0.0781. The summed E-state index contributed by atoms with van der Waals surface area (Å²) in [6, 6.07) is 14.8. The lowest BCUT2D eigenvalue weighted by atomic mass is 10.1. The number of rotatable bonds is 4. The van der Waals surface area contributed by atoms with E-state index in [1.165, 1.54) is 33.6 Å². The van der Waals surface area contributed by atoms with Gasteiger partial charge in [0.2, 0.25) is 0 Å². The van der Waals surface area contributed by atoms with Gasteiger partial charge in [-0.2, -0.15) is 4.68 Å². The number of aromatic nitrogens is 4. The third-order valence-corrected chi connectivity index (χ3v) is 4.73. The molecule has 0 atom stereocenters. The van der Waals surface area contributed by atoms with Crippen LogP contribution in [-0.4, -0.2) is 14.3 Å². The van der Waals surface area contributed by atoms with Gasteiger partial charge in [0.1, 0.15) is 5.69 Å². The first-order valence-electron chi connectivity index (χ1n) is 8.63. The van der Waals surface area contributed by atoms with E-state index in [1.807, 2.05) is 30.3 Å². The molecule has 10 heteroatoms. The average Bonchev–Trinajstić information content (AvgIpc) is 3.19. The van der Waals surface area contributed by atoms with E-state index < -0.39 is 4.92 Å². The maximum atomic E-state index is 13.2. The molecule has 4 rings (SSSR count). The van der Waals surface area contributed by atoms with Crippen molar-refractivity contribution in [2.24, 2.45) is 7.05 Å². The first-order chi connectivity index (χ1) is 13.9. The highest BCUT2D eigenvalue weighted by Crippen LogP contribution is 2.19. The largest absolute Gasteiger partial charge is 0.486 e. The van der Waals surface area contributed by atoms with Gasteiger partial charge in [-0.3, -0.25) is 25.0 Å². The van der Waals surface area contributed by atoms with Gasteiger partial charge >= 0.3 is 5.56 Å². The molecule has 0 saturated heterocycles. The highest BCUT2D eigenvalue weighted by atomic mass is 16.6. The molecule has 0 aliphatic carbocycles. The maximum absolute atomic E-state index is 13.2. The Balaban J connectivity index is 1.93. The molecule has 146 valence electrons. The van der Waals surface area contributed by atoms with Crippen molar-refractivity contribution < 1.29 is 14.1 Å². The second-order valence-electron chi connectivity index (χ2n) is 6.38. The number of hydrogen-bond donors (Lipinski definition) is 1. The second-order valence-corrected chi connectivity index (χ2v) is 6.38. The zero-order chi connectivity index (χ0) is 20.7. The molecule has 2 aromatic carbocycles. The van der Waals surface area contributed by atoms with Crippen LogP contribution in [0.4, 0.5) is 5.69 Å². The van der Waals surface area contributed by atoms with Crippen molar-refractivity contribution in [2.45, 2.75) is 6.92 Å². The normalized spacial score (nSPS) is 11.0. The Morgan fingerprint density at radius 3 is 2.41 bits per heavy atom. The SMILES string of the molecule is Cc1c(-[n+]2[n-]oc(=N)c2-c2ccc([N+](=O)[O-])cc2)c(=O)n(-c2ccccc2)n1C. The van der Waals surface area contributed by atoms with Crippen LogP contribution in [-0.2, 0) is 7.05 Å². The quantitative estimate of drug-likeness (QED) is 0.319. The number of nitrogens with zero attached hydrogens (tertiary/aromatic N) is 5. The second kappa shape index (κ2) is 6.75. The first kappa shape index (κ1) is 18.2.